The van der Waals surface area contributed by atoms with Gasteiger partial charge in [-0.15, -0.1) is 0 Å². The number of aromatic hydroxyl groups is 12. The molecule has 0 amide bonds. The number of fused-ring (bicyclic) bond motifs is 9. The minimum atomic E-state index is -2.38. The summed E-state index contributed by atoms with van der Waals surface area (Å²) in [6, 6.07) is 1.80. The molecule has 22 heteroatoms. The van der Waals surface area contributed by atoms with E-state index in [1.807, 2.05) is 0 Å². The van der Waals surface area contributed by atoms with Crippen molar-refractivity contribution in [1.29, 1.82) is 0 Å². The van der Waals surface area contributed by atoms with E-state index in [9.17, 15) is 85.3 Å². The topological polar surface area (TPSA) is 382 Å². The zero-order chi connectivity index (χ0) is 40.8. The summed E-state index contributed by atoms with van der Waals surface area (Å²) in [5, 5.41) is 122. The van der Waals surface area contributed by atoms with Gasteiger partial charge < -0.3 is 84.3 Å². The first-order valence-corrected chi connectivity index (χ1v) is 15.2. The molecule has 0 saturated heterocycles. The zero-order valence-corrected chi connectivity index (χ0v) is 27.1. The second-order valence-corrected chi connectivity index (χ2v) is 11.9. The first kappa shape index (κ1) is 36.0. The lowest BCUT2D eigenvalue weighted by atomic mass is 9.92. The van der Waals surface area contributed by atoms with Crippen LogP contribution in [-0.4, -0.2) is 91.9 Å². The fraction of sp³-hybridized carbons (Fsp3) is 0.0882. The highest BCUT2D eigenvalue weighted by molar-refractivity contribution is 6.14. The third kappa shape index (κ3) is 5.15. The van der Waals surface area contributed by atoms with E-state index in [1.165, 1.54) is 0 Å². The molecule has 2 atom stereocenters. The van der Waals surface area contributed by atoms with Gasteiger partial charge in [0.05, 0.1) is 21.9 Å². The van der Waals surface area contributed by atoms with Gasteiger partial charge in [0.2, 0.25) is 34.9 Å². The van der Waals surface area contributed by atoms with Gasteiger partial charge in [-0.1, -0.05) is 0 Å². The van der Waals surface area contributed by atoms with Crippen LogP contribution in [0.25, 0.3) is 32.7 Å². The van der Waals surface area contributed by atoms with Crippen LogP contribution in [0.15, 0.2) is 42.7 Å². The van der Waals surface area contributed by atoms with Crippen LogP contribution in [0.1, 0.15) is 43.1 Å². The molecule has 0 fully saturated rings. The minimum Gasteiger partial charge on any atom is -0.504 e. The van der Waals surface area contributed by atoms with Crippen molar-refractivity contribution in [2.45, 2.75) is 12.2 Å². The molecular weight excluding hydrogens is 760 g/mol. The van der Waals surface area contributed by atoms with Gasteiger partial charge in [-0.2, -0.15) is 0 Å². The van der Waals surface area contributed by atoms with E-state index < -0.39 is 172 Å². The Morgan fingerprint density at radius 3 is 1.39 bits per heavy atom. The molecule has 7 rings (SSSR count). The Kier molecular flexibility index (Phi) is 7.91. The van der Waals surface area contributed by atoms with Crippen LogP contribution in [0, 0.1) is 0 Å². The standard InChI is InChI=1S/C34H20O22/c35-10-1-6-15(23(43)19(10)39)16-7(2-11(36)20(40)24(16)44)31(48)54-27-14(5-52-30(6)47)53-34(51)29-28(27)55-32(49)8-3-12(37)21(41)25(45)17(8)18-9(33(50)56-29)4-13(38)22(42)26(18)46/h1-4,14,27,35-46H,5H2. The lowest BCUT2D eigenvalue weighted by Gasteiger charge is -2.29. The van der Waals surface area contributed by atoms with Gasteiger partial charge in [-0.05, 0) is 24.3 Å². The number of carbonyl (C=O) groups excluding carboxylic acids is 3. The van der Waals surface area contributed by atoms with E-state index in [4.69, 9.17) is 23.0 Å². The van der Waals surface area contributed by atoms with E-state index in [-0.39, 0.29) is 0 Å². The second-order valence-electron chi connectivity index (χ2n) is 11.9. The molecule has 2 aliphatic heterocycles. The maximum absolute atomic E-state index is 14.0. The van der Waals surface area contributed by atoms with Gasteiger partial charge in [-0.3, -0.25) is 0 Å². The summed E-state index contributed by atoms with van der Waals surface area (Å²) < 4.78 is 26.4. The number of benzene rings is 4. The molecule has 12 N–H and O–H groups in total. The quantitative estimate of drug-likeness (QED) is 0.0605. The number of esters is 3. The summed E-state index contributed by atoms with van der Waals surface area (Å²) in [6.45, 7) is -1.18. The van der Waals surface area contributed by atoms with E-state index in [0.717, 1.165) is 0 Å². The van der Waals surface area contributed by atoms with Gasteiger partial charge in [-0.25, -0.2) is 24.0 Å². The normalized spacial score (nSPS) is 16.2. The summed E-state index contributed by atoms with van der Waals surface area (Å²) in [5.41, 5.74) is -7.53. The summed E-state index contributed by atoms with van der Waals surface area (Å²) in [6.07, 6.45) is -4.48. The molecular formula is C34H20O22. The van der Waals surface area contributed by atoms with Crippen molar-refractivity contribution in [3.63, 3.8) is 0 Å². The summed E-state index contributed by atoms with van der Waals surface area (Å²) in [7, 11) is 0. The van der Waals surface area contributed by atoms with Crippen molar-refractivity contribution in [3.8, 4) is 80.1 Å². The summed E-state index contributed by atoms with van der Waals surface area (Å²) in [4.78, 5) is 68.6. The molecule has 2 unspecified atom stereocenters. The van der Waals surface area contributed by atoms with Crippen LogP contribution in [0.3, 0.4) is 0 Å². The number of carbonyl (C=O) groups is 3. The third-order valence-corrected chi connectivity index (χ3v) is 8.67. The molecule has 288 valence electrons. The molecule has 0 spiro atoms. The molecule has 5 aromatic rings. The number of rotatable bonds is 0. The Hall–Kier alpha value is -8.43. The Labute approximate surface area is 304 Å². The van der Waals surface area contributed by atoms with Crippen LogP contribution < -0.4 is 11.3 Å². The van der Waals surface area contributed by atoms with Crippen LogP contribution in [0.5, 0.6) is 69.0 Å². The predicted octanol–water partition coefficient (Wildman–Crippen LogP) is 1.77. The van der Waals surface area contributed by atoms with Gasteiger partial charge in [0.1, 0.15) is 6.61 Å². The van der Waals surface area contributed by atoms with Gasteiger partial charge >= 0.3 is 29.2 Å². The summed E-state index contributed by atoms with van der Waals surface area (Å²) >= 11 is 0. The molecule has 0 radical (unpaired) electrons. The maximum Gasteiger partial charge on any atom is 0.378 e. The van der Waals surface area contributed by atoms with Crippen LogP contribution >= 0.6 is 0 Å². The molecule has 0 aliphatic carbocycles. The highest BCUT2D eigenvalue weighted by Gasteiger charge is 2.45. The highest BCUT2D eigenvalue weighted by Crippen LogP contribution is 2.53. The van der Waals surface area contributed by atoms with Gasteiger partial charge in [0.25, 0.3) is 5.76 Å². The van der Waals surface area contributed by atoms with Crippen molar-refractivity contribution in [2.24, 2.45) is 0 Å². The van der Waals surface area contributed by atoms with Gasteiger partial charge in [0.15, 0.2) is 52.1 Å². The van der Waals surface area contributed by atoms with E-state index in [0.29, 0.717) is 24.3 Å². The van der Waals surface area contributed by atoms with Crippen LogP contribution in [0.2, 0.25) is 0 Å². The van der Waals surface area contributed by atoms with Crippen molar-refractivity contribution < 1.29 is 98.7 Å². The van der Waals surface area contributed by atoms with Gasteiger partial charge in [0, 0.05) is 21.9 Å². The molecule has 0 bridgehead atoms. The summed E-state index contributed by atoms with van der Waals surface area (Å²) in [5.74, 6) is -23.4. The zero-order valence-electron chi connectivity index (χ0n) is 27.1. The van der Waals surface area contributed by atoms with Crippen LogP contribution in [0.4, 0.5) is 0 Å². The minimum absolute atomic E-state index is 0.430. The lowest BCUT2D eigenvalue weighted by molar-refractivity contribution is -0.0773. The first-order valence-electron chi connectivity index (χ1n) is 15.2. The largest absolute Gasteiger partial charge is 0.504 e. The molecule has 22 nitrogen and oxygen atoms in total. The fourth-order valence-electron chi connectivity index (χ4n) is 6.05. The number of hydrogen-bond acceptors (Lipinski definition) is 22. The smallest absolute Gasteiger partial charge is 0.378 e. The second kappa shape index (κ2) is 12.3. The predicted molar refractivity (Wildman–Crippen MR) is 176 cm³/mol. The molecule has 2 aliphatic rings. The maximum atomic E-state index is 14.0. The van der Waals surface area contributed by atoms with Crippen molar-refractivity contribution in [2.75, 3.05) is 6.61 Å². The lowest BCUT2D eigenvalue weighted by Crippen LogP contribution is -2.39. The molecule has 4 aromatic carbocycles. The average molecular weight is 781 g/mol. The number of phenolic OH excluding ortho intramolecular Hbond substituents is 12. The fourth-order valence-corrected chi connectivity index (χ4v) is 6.05. The molecule has 0 saturated carbocycles. The third-order valence-electron chi connectivity index (χ3n) is 8.67. The Bertz CT molecular complexity index is 2850. The monoisotopic (exact) mass is 780 g/mol. The highest BCUT2D eigenvalue weighted by atomic mass is 16.6. The van der Waals surface area contributed by atoms with E-state index in [2.05, 4.69) is 0 Å². The average Bonchev–Trinajstić information content (AvgIpc) is 3.16. The Morgan fingerprint density at radius 1 is 0.464 bits per heavy atom. The number of ether oxygens (including phenoxy) is 3. The van der Waals surface area contributed by atoms with Crippen LogP contribution in [-0.2, 0) is 14.2 Å². The SMILES string of the molecule is O=C1OCC2OC(=O)c3oc(=O)c4cc(O)c(O)c(O)c4c4c(O)c(O)c(O)cc4c(=O)oc3C2OC(=O)c2cc(O)c(O)c(O)c2-c2c1cc(O)c(O)c2O. The Balaban J connectivity index is 1.60. The number of cyclic esters (lactones) is 1. The molecule has 1 aromatic heterocycles. The van der Waals surface area contributed by atoms with Crippen molar-refractivity contribution in [1.82, 2.24) is 0 Å². The molecule has 56 heavy (non-hydrogen) atoms. The number of phenols is 12. The van der Waals surface area contributed by atoms with E-state index in [1.54, 1.807) is 0 Å². The van der Waals surface area contributed by atoms with Crippen molar-refractivity contribution in [3.05, 3.63) is 67.8 Å². The number of hydrogen-bond donors (Lipinski definition) is 12. The first-order chi connectivity index (χ1) is 26.3. The molecule has 3 heterocycles. The van der Waals surface area contributed by atoms with Crippen molar-refractivity contribution >= 4 is 39.5 Å². The van der Waals surface area contributed by atoms with E-state index >= 15 is 0 Å². The Morgan fingerprint density at radius 2 is 0.893 bits per heavy atom.